The zero-order chi connectivity index (χ0) is 24.2. The normalized spacial score (nSPS) is 17.0. The van der Waals surface area contributed by atoms with Crippen LogP contribution in [-0.2, 0) is 4.79 Å². The number of benzene rings is 1. The first kappa shape index (κ1) is 24.0. The molecule has 2 heterocycles. The van der Waals surface area contributed by atoms with Crippen LogP contribution in [0.25, 0.3) is 0 Å². The van der Waals surface area contributed by atoms with Crippen molar-refractivity contribution in [3.8, 4) is 5.75 Å². The summed E-state index contributed by atoms with van der Waals surface area (Å²) in [6.45, 7) is 7.57. The molecule has 1 amide bonds. The van der Waals surface area contributed by atoms with Crippen molar-refractivity contribution in [2.75, 3.05) is 24.5 Å². The zero-order valence-electron chi connectivity index (χ0n) is 19.7. The van der Waals surface area contributed by atoms with Crippen molar-refractivity contribution in [2.45, 2.75) is 46.1 Å². The Morgan fingerprint density at radius 2 is 2.00 bits per heavy atom. The Kier molecular flexibility index (Phi) is 7.32. The molecule has 1 aromatic heterocycles. The van der Waals surface area contributed by atoms with Crippen LogP contribution in [-0.4, -0.2) is 47.4 Å². The van der Waals surface area contributed by atoms with E-state index in [2.05, 4.69) is 20.2 Å². The molecule has 2 aromatic rings. The molecule has 0 unspecified atom stereocenters. The van der Waals surface area contributed by atoms with Crippen molar-refractivity contribution in [1.29, 1.82) is 0 Å². The molecule has 0 atom stereocenters. The Hall–Kier alpha value is -3.19. The number of allylic oxidation sites excluding steroid dienone is 3. The molecule has 0 radical (unpaired) electrons. The van der Waals surface area contributed by atoms with Crippen LogP contribution in [0.2, 0.25) is 5.02 Å². The molecule has 1 aliphatic carbocycles. The number of halogens is 1. The van der Waals surface area contributed by atoms with Crippen LogP contribution in [0.15, 0.2) is 53.5 Å². The number of amides is 1. The Bertz CT molecular complexity index is 1150. The zero-order valence-corrected chi connectivity index (χ0v) is 20.5. The summed E-state index contributed by atoms with van der Waals surface area (Å²) in [5, 5.41) is 3.32. The second kappa shape index (κ2) is 10.4. The van der Waals surface area contributed by atoms with Crippen LogP contribution in [0.4, 0.5) is 5.82 Å². The van der Waals surface area contributed by atoms with E-state index in [1.165, 1.54) is 0 Å². The number of piperidine rings is 1. The fourth-order valence-electron chi connectivity index (χ4n) is 4.46. The Balaban J connectivity index is 1.40. The number of hydrogen-bond donors (Lipinski definition) is 1. The second-order valence-corrected chi connectivity index (χ2v) is 9.36. The monoisotopic (exact) mass is 480 g/mol. The molecule has 1 aromatic carbocycles. The predicted octanol–water partition coefficient (Wildman–Crippen LogP) is 4.45. The number of anilines is 1. The molecular weight excluding hydrogens is 452 g/mol. The lowest BCUT2D eigenvalue weighted by Gasteiger charge is -2.33. The number of ether oxygens (including phenoxy) is 1. The van der Waals surface area contributed by atoms with Crippen LogP contribution >= 0.6 is 11.6 Å². The van der Waals surface area contributed by atoms with Gasteiger partial charge in [0.25, 0.3) is 5.91 Å². The molecule has 1 saturated heterocycles. The highest BCUT2D eigenvalue weighted by Gasteiger charge is 2.24. The molecule has 7 nitrogen and oxygen atoms in total. The van der Waals surface area contributed by atoms with Crippen LogP contribution in [0.5, 0.6) is 5.75 Å². The number of rotatable bonds is 6. The van der Waals surface area contributed by atoms with Gasteiger partial charge in [0.15, 0.2) is 5.78 Å². The van der Waals surface area contributed by atoms with E-state index >= 15 is 0 Å². The number of hydrogen-bond acceptors (Lipinski definition) is 6. The molecule has 2 aliphatic rings. The average Bonchev–Trinajstić information content (AvgIpc) is 2.81. The predicted molar refractivity (Wildman–Crippen MR) is 132 cm³/mol. The van der Waals surface area contributed by atoms with Crippen molar-refractivity contribution in [1.82, 2.24) is 15.3 Å². The van der Waals surface area contributed by atoms with E-state index in [1.807, 2.05) is 26.8 Å². The van der Waals surface area contributed by atoms with Gasteiger partial charge >= 0.3 is 0 Å². The van der Waals surface area contributed by atoms with E-state index in [9.17, 15) is 9.59 Å². The fraction of sp³-hybridized carbons (Fsp3) is 0.385. The van der Waals surface area contributed by atoms with Gasteiger partial charge in [-0.25, -0.2) is 9.97 Å². The molecule has 1 aliphatic heterocycles. The van der Waals surface area contributed by atoms with Gasteiger partial charge < -0.3 is 15.0 Å². The second-order valence-electron chi connectivity index (χ2n) is 8.92. The first-order valence-electron chi connectivity index (χ1n) is 11.5. The minimum Gasteiger partial charge on any atom is -0.490 e. The summed E-state index contributed by atoms with van der Waals surface area (Å²) >= 11 is 6.34. The van der Waals surface area contributed by atoms with Crippen molar-refractivity contribution in [3.05, 3.63) is 69.7 Å². The number of nitrogens with one attached hydrogen (secondary N) is 1. The smallest absolute Gasteiger partial charge is 0.252 e. The summed E-state index contributed by atoms with van der Waals surface area (Å²) in [6, 6.07) is 5.31. The number of aromatic nitrogens is 2. The van der Waals surface area contributed by atoms with Gasteiger partial charge in [0, 0.05) is 60.4 Å². The topological polar surface area (TPSA) is 84.4 Å². The quantitative estimate of drug-likeness (QED) is 0.657. The van der Waals surface area contributed by atoms with Gasteiger partial charge in [0.1, 0.15) is 24.0 Å². The third-order valence-electron chi connectivity index (χ3n) is 6.36. The summed E-state index contributed by atoms with van der Waals surface area (Å²) in [5.41, 5.74) is 3.86. The Labute approximate surface area is 204 Å². The first-order valence-corrected chi connectivity index (χ1v) is 11.9. The Morgan fingerprint density at radius 3 is 2.68 bits per heavy atom. The van der Waals surface area contributed by atoms with E-state index in [0.29, 0.717) is 21.9 Å². The first-order chi connectivity index (χ1) is 16.3. The van der Waals surface area contributed by atoms with Gasteiger partial charge in [-0.15, -0.1) is 0 Å². The van der Waals surface area contributed by atoms with Gasteiger partial charge in [0.2, 0.25) is 0 Å². The van der Waals surface area contributed by atoms with E-state index in [0.717, 1.165) is 54.9 Å². The fourth-order valence-corrected chi connectivity index (χ4v) is 4.67. The van der Waals surface area contributed by atoms with Gasteiger partial charge in [-0.05, 0) is 51.5 Å². The summed E-state index contributed by atoms with van der Waals surface area (Å²) in [7, 11) is 0. The van der Waals surface area contributed by atoms with Crippen molar-refractivity contribution >= 4 is 29.1 Å². The highest BCUT2D eigenvalue weighted by molar-refractivity contribution is 6.31. The molecule has 4 rings (SSSR count). The van der Waals surface area contributed by atoms with Gasteiger partial charge in [-0.1, -0.05) is 22.7 Å². The van der Waals surface area contributed by atoms with Gasteiger partial charge in [0.05, 0.1) is 0 Å². The lowest BCUT2D eigenvalue weighted by molar-refractivity contribution is -0.111. The Morgan fingerprint density at radius 1 is 1.24 bits per heavy atom. The third kappa shape index (κ3) is 5.47. The van der Waals surface area contributed by atoms with E-state index in [4.69, 9.17) is 16.3 Å². The maximum absolute atomic E-state index is 13.0. The molecule has 1 fully saturated rings. The maximum Gasteiger partial charge on any atom is 0.252 e. The summed E-state index contributed by atoms with van der Waals surface area (Å²) < 4.78 is 6.29. The molecule has 1 N–H and O–H groups in total. The van der Waals surface area contributed by atoms with E-state index in [-0.39, 0.29) is 24.3 Å². The molecular formula is C26H29ClN4O3. The standard InChI is InChI=1S/C26H29ClN4O3/c1-16-10-17(2)22(23(32)11-16)14-29-26(33)21-12-19(27)13-24(18(21)3)34-20-5-8-31(9-6-20)25-4-7-28-15-30-25/h4,7,11-13,15,20H,5-6,8-10,14H2,1-3H3,(H,29,33). The molecule has 0 bridgehead atoms. The average molecular weight is 481 g/mol. The SMILES string of the molecule is CC1=CC(=O)C(CNC(=O)c2cc(Cl)cc(OC3CCN(c4ccncn4)CC3)c2C)=C(C)C1. The molecule has 34 heavy (non-hydrogen) atoms. The van der Waals surface area contributed by atoms with Crippen molar-refractivity contribution in [3.63, 3.8) is 0 Å². The molecule has 0 saturated carbocycles. The van der Waals surface area contributed by atoms with Crippen LogP contribution in [0.3, 0.4) is 0 Å². The van der Waals surface area contributed by atoms with Crippen LogP contribution in [0.1, 0.15) is 49.0 Å². The van der Waals surface area contributed by atoms with Gasteiger partial charge in [-0.2, -0.15) is 0 Å². The molecule has 0 spiro atoms. The number of carbonyl (C=O) groups is 2. The van der Waals surface area contributed by atoms with Crippen LogP contribution in [0, 0.1) is 6.92 Å². The molecule has 8 heteroatoms. The summed E-state index contributed by atoms with van der Waals surface area (Å²) in [4.78, 5) is 35.8. The van der Waals surface area contributed by atoms with Crippen LogP contribution < -0.4 is 15.0 Å². The number of ketones is 1. The van der Waals surface area contributed by atoms with E-state index in [1.54, 1.807) is 30.7 Å². The minimum absolute atomic E-state index is 0.0221. The highest BCUT2D eigenvalue weighted by Crippen LogP contribution is 2.30. The van der Waals surface area contributed by atoms with Crippen molar-refractivity contribution in [2.24, 2.45) is 0 Å². The molecule has 178 valence electrons. The van der Waals surface area contributed by atoms with Gasteiger partial charge in [-0.3, -0.25) is 9.59 Å². The summed E-state index contributed by atoms with van der Waals surface area (Å²) in [5.74, 6) is 1.21. The minimum atomic E-state index is -0.275. The maximum atomic E-state index is 13.0. The van der Waals surface area contributed by atoms with Crippen molar-refractivity contribution < 1.29 is 14.3 Å². The lowest BCUT2D eigenvalue weighted by atomic mass is 9.92. The summed E-state index contributed by atoms with van der Waals surface area (Å²) in [6.07, 6.45) is 7.38. The van der Waals surface area contributed by atoms with E-state index < -0.39 is 0 Å². The largest absolute Gasteiger partial charge is 0.490 e. The third-order valence-corrected chi connectivity index (χ3v) is 6.57. The lowest BCUT2D eigenvalue weighted by Crippen LogP contribution is -2.38. The number of nitrogens with zero attached hydrogens (tertiary/aromatic N) is 3. The number of carbonyl (C=O) groups excluding carboxylic acids is 2. The highest BCUT2D eigenvalue weighted by atomic mass is 35.5.